The van der Waals surface area contributed by atoms with E-state index in [1.807, 2.05) is 49.4 Å². The van der Waals surface area contributed by atoms with E-state index >= 15 is 0 Å². The van der Waals surface area contributed by atoms with Gasteiger partial charge in [-0.05, 0) is 30.2 Å². The van der Waals surface area contributed by atoms with Crippen molar-refractivity contribution in [3.8, 4) is 11.5 Å². The number of carbonyl (C=O) groups excluding carboxylic acids is 1. The van der Waals surface area contributed by atoms with E-state index in [2.05, 4.69) is 0 Å². The molecule has 3 rings (SSSR count). The Morgan fingerprint density at radius 1 is 1.05 bits per heavy atom. The van der Waals surface area contributed by atoms with Crippen LogP contribution in [0.5, 0.6) is 11.5 Å². The summed E-state index contributed by atoms with van der Waals surface area (Å²) in [6.45, 7) is 1.91. The standard InChI is InChI=1S/C18H18O4/c1-18(13-7-5-4-6-8-13)14-11-16(21-3)15(20-2)9-12(14)10-17(19)22-18/h4-9,11H,10H2,1-3H3. The predicted octanol–water partition coefficient (Wildman–Crippen LogP) is 3.07. The van der Waals surface area contributed by atoms with Gasteiger partial charge in [0.25, 0.3) is 0 Å². The summed E-state index contributed by atoms with van der Waals surface area (Å²) < 4.78 is 16.5. The summed E-state index contributed by atoms with van der Waals surface area (Å²) in [7, 11) is 3.18. The highest BCUT2D eigenvalue weighted by Gasteiger charge is 2.40. The van der Waals surface area contributed by atoms with Crippen LogP contribution in [0.1, 0.15) is 23.6 Å². The van der Waals surface area contributed by atoms with Crippen LogP contribution in [-0.2, 0) is 21.6 Å². The van der Waals surface area contributed by atoms with Crippen LogP contribution in [0, 0.1) is 0 Å². The minimum absolute atomic E-state index is 0.234. The zero-order valence-corrected chi connectivity index (χ0v) is 12.9. The van der Waals surface area contributed by atoms with Crippen LogP contribution in [-0.4, -0.2) is 20.2 Å². The van der Waals surface area contributed by atoms with E-state index in [-0.39, 0.29) is 12.4 Å². The third-order valence-corrected chi connectivity index (χ3v) is 4.10. The van der Waals surface area contributed by atoms with Crippen LogP contribution in [0.4, 0.5) is 0 Å². The fourth-order valence-electron chi connectivity index (χ4n) is 2.96. The molecule has 4 heteroatoms. The zero-order valence-electron chi connectivity index (χ0n) is 12.9. The van der Waals surface area contributed by atoms with Crippen LogP contribution in [0.25, 0.3) is 0 Å². The maximum Gasteiger partial charge on any atom is 0.311 e. The topological polar surface area (TPSA) is 44.8 Å². The van der Waals surface area contributed by atoms with E-state index in [1.54, 1.807) is 14.2 Å². The lowest BCUT2D eigenvalue weighted by molar-refractivity contribution is -0.156. The molecule has 2 aromatic carbocycles. The zero-order chi connectivity index (χ0) is 15.7. The van der Waals surface area contributed by atoms with Gasteiger partial charge < -0.3 is 14.2 Å². The maximum atomic E-state index is 12.1. The Bertz CT molecular complexity index is 709. The van der Waals surface area contributed by atoms with Gasteiger partial charge >= 0.3 is 5.97 Å². The molecule has 0 aromatic heterocycles. The van der Waals surface area contributed by atoms with Gasteiger partial charge in [0.05, 0.1) is 20.6 Å². The van der Waals surface area contributed by atoms with Crippen molar-refractivity contribution in [2.45, 2.75) is 18.9 Å². The van der Waals surface area contributed by atoms with Crippen LogP contribution >= 0.6 is 0 Å². The monoisotopic (exact) mass is 298 g/mol. The number of methoxy groups -OCH3 is 2. The molecule has 0 aliphatic carbocycles. The summed E-state index contributed by atoms with van der Waals surface area (Å²) in [5.74, 6) is 0.999. The van der Waals surface area contributed by atoms with Gasteiger partial charge in [-0.25, -0.2) is 0 Å². The minimum atomic E-state index is -0.828. The van der Waals surface area contributed by atoms with E-state index < -0.39 is 5.60 Å². The molecular weight excluding hydrogens is 280 g/mol. The molecule has 0 bridgehead atoms. The van der Waals surface area contributed by atoms with Crippen molar-refractivity contribution in [2.24, 2.45) is 0 Å². The van der Waals surface area contributed by atoms with Crippen LogP contribution < -0.4 is 9.47 Å². The number of rotatable bonds is 3. The smallest absolute Gasteiger partial charge is 0.311 e. The Labute approximate surface area is 129 Å². The second kappa shape index (κ2) is 5.37. The van der Waals surface area contributed by atoms with E-state index in [1.165, 1.54) is 0 Å². The van der Waals surface area contributed by atoms with Gasteiger partial charge in [-0.1, -0.05) is 30.3 Å². The molecule has 1 aliphatic heterocycles. The maximum absolute atomic E-state index is 12.1. The number of ether oxygens (including phenoxy) is 3. The normalized spacial score (nSPS) is 20.0. The summed E-state index contributed by atoms with van der Waals surface area (Å²) >= 11 is 0. The Balaban J connectivity index is 2.22. The average molecular weight is 298 g/mol. The molecule has 0 N–H and O–H groups in total. The average Bonchev–Trinajstić information content (AvgIpc) is 2.54. The molecule has 1 atom stereocenters. The molecule has 0 amide bonds. The number of fused-ring (bicyclic) bond motifs is 1. The molecule has 1 aliphatic rings. The Morgan fingerprint density at radius 3 is 2.32 bits per heavy atom. The summed E-state index contributed by atoms with van der Waals surface area (Å²) in [4.78, 5) is 12.1. The lowest BCUT2D eigenvalue weighted by atomic mass is 9.82. The van der Waals surface area contributed by atoms with Gasteiger partial charge in [0, 0.05) is 5.56 Å². The first-order valence-electron chi connectivity index (χ1n) is 7.11. The first-order chi connectivity index (χ1) is 10.6. The highest BCUT2D eigenvalue weighted by molar-refractivity contribution is 5.77. The first-order valence-corrected chi connectivity index (χ1v) is 7.11. The number of benzene rings is 2. The molecule has 22 heavy (non-hydrogen) atoms. The predicted molar refractivity (Wildman–Crippen MR) is 82.2 cm³/mol. The Morgan fingerprint density at radius 2 is 1.68 bits per heavy atom. The third kappa shape index (κ3) is 2.21. The van der Waals surface area contributed by atoms with Crippen molar-refractivity contribution < 1.29 is 19.0 Å². The number of esters is 1. The molecule has 1 unspecified atom stereocenters. The summed E-state index contributed by atoms with van der Waals surface area (Å²) in [5, 5.41) is 0. The molecule has 0 radical (unpaired) electrons. The molecule has 114 valence electrons. The van der Waals surface area contributed by atoms with Gasteiger partial charge in [-0.2, -0.15) is 0 Å². The SMILES string of the molecule is COc1cc2c(cc1OC)C(C)(c1ccccc1)OC(=O)C2. The number of cyclic esters (lactones) is 1. The molecule has 1 heterocycles. The first kappa shape index (κ1) is 14.4. The summed E-state index contributed by atoms with van der Waals surface area (Å²) in [5.41, 5.74) is 1.93. The number of hydrogen-bond donors (Lipinski definition) is 0. The van der Waals surface area contributed by atoms with Crippen molar-refractivity contribution >= 4 is 5.97 Å². The molecule has 0 saturated carbocycles. The van der Waals surface area contributed by atoms with Crippen molar-refractivity contribution in [3.05, 3.63) is 59.2 Å². The highest BCUT2D eigenvalue weighted by Crippen LogP contribution is 2.43. The second-order valence-electron chi connectivity index (χ2n) is 5.41. The van der Waals surface area contributed by atoms with Crippen LogP contribution in [0.2, 0.25) is 0 Å². The molecule has 4 nitrogen and oxygen atoms in total. The Kier molecular flexibility index (Phi) is 3.53. The number of hydrogen-bond acceptors (Lipinski definition) is 4. The molecular formula is C18H18O4. The molecule has 0 spiro atoms. The van der Waals surface area contributed by atoms with Gasteiger partial charge in [0.2, 0.25) is 0 Å². The van der Waals surface area contributed by atoms with Gasteiger partial charge in [0.15, 0.2) is 17.1 Å². The summed E-state index contributed by atoms with van der Waals surface area (Å²) in [6, 6.07) is 13.5. The van der Waals surface area contributed by atoms with Crippen LogP contribution in [0.15, 0.2) is 42.5 Å². The quantitative estimate of drug-likeness (QED) is 0.817. The van der Waals surface area contributed by atoms with E-state index in [0.29, 0.717) is 11.5 Å². The fraction of sp³-hybridized carbons (Fsp3) is 0.278. The number of carbonyl (C=O) groups is 1. The van der Waals surface area contributed by atoms with E-state index in [0.717, 1.165) is 16.7 Å². The second-order valence-corrected chi connectivity index (χ2v) is 5.41. The highest BCUT2D eigenvalue weighted by atomic mass is 16.6. The van der Waals surface area contributed by atoms with E-state index in [9.17, 15) is 4.79 Å². The Hall–Kier alpha value is -2.49. The van der Waals surface area contributed by atoms with Gasteiger partial charge in [0.1, 0.15) is 0 Å². The van der Waals surface area contributed by atoms with Gasteiger partial charge in [-0.15, -0.1) is 0 Å². The summed E-state index contributed by atoms with van der Waals surface area (Å²) in [6.07, 6.45) is 0.234. The van der Waals surface area contributed by atoms with Crippen molar-refractivity contribution in [2.75, 3.05) is 14.2 Å². The largest absolute Gasteiger partial charge is 0.493 e. The lowest BCUT2D eigenvalue weighted by Gasteiger charge is -2.36. The van der Waals surface area contributed by atoms with Gasteiger partial charge in [-0.3, -0.25) is 4.79 Å². The minimum Gasteiger partial charge on any atom is -0.493 e. The molecule has 2 aromatic rings. The van der Waals surface area contributed by atoms with E-state index in [4.69, 9.17) is 14.2 Å². The molecule has 0 saturated heterocycles. The molecule has 0 fully saturated rings. The van der Waals surface area contributed by atoms with Crippen LogP contribution in [0.3, 0.4) is 0 Å². The van der Waals surface area contributed by atoms with Crippen molar-refractivity contribution in [1.82, 2.24) is 0 Å². The van der Waals surface area contributed by atoms with Crippen molar-refractivity contribution in [3.63, 3.8) is 0 Å². The lowest BCUT2D eigenvalue weighted by Crippen LogP contribution is -2.36. The third-order valence-electron chi connectivity index (χ3n) is 4.10. The fourth-order valence-corrected chi connectivity index (χ4v) is 2.96. The van der Waals surface area contributed by atoms with Crippen molar-refractivity contribution in [1.29, 1.82) is 0 Å².